The Morgan fingerprint density at radius 1 is 1.06 bits per heavy atom. The van der Waals surface area contributed by atoms with Crippen molar-refractivity contribution in [2.24, 2.45) is 0 Å². The molecule has 4 nitrogen and oxygen atoms in total. The lowest BCUT2D eigenvalue weighted by atomic mass is 9.95. The van der Waals surface area contributed by atoms with E-state index in [0.29, 0.717) is 16.1 Å². The van der Waals surface area contributed by atoms with Crippen molar-refractivity contribution in [1.82, 2.24) is 19.8 Å². The Bertz CT molecular complexity index is 1150. The van der Waals surface area contributed by atoms with Gasteiger partial charge in [0.25, 0.3) is 0 Å². The summed E-state index contributed by atoms with van der Waals surface area (Å²) in [5.41, 5.74) is 5.49. The number of aromatic nitrogens is 2. The van der Waals surface area contributed by atoms with Gasteiger partial charge < -0.3 is 14.8 Å². The minimum Gasteiger partial charge on any atom is -0.352 e. The molecule has 3 aromatic rings. The van der Waals surface area contributed by atoms with Crippen LogP contribution in [-0.4, -0.2) is 25.6 Å². The van der Waals surface area contributed by atoms with E-state index in [1.165, 1.54) is 31.2 Å². The van der Waals surface area contributed by atoms with Crippen LogP contribution in [0.4, 0.5) is 0 Å². The maximum atomic E-state index is 6.60. The van der Waals surface area contributed by atoms with Crippen LogP contribution >= 0.6 is 35.4 Å². The average molecular weight is 485 g/mol. The van der Waals surface area contributed by atoms with Gasteiger partial charge >= 0.3 is 0 Å². The van der Waals surface area contributed by atoms with E-state index in [0.717, 1.165) is 27.9 Å². The Morgan fingerprint density at radius 3 is 2.53 bits per heavy atom. The first kappa shape index (κ1) is 21.7. The quantitative estimate of drug-likeness (QED) is 0.417. The van der Waals surface area contributed by atoms with E-state index in [1.807, 2.05) is 30.5 Å². The molecule has 5 rings (SSSR count). The van der Waals surface area contributed by atoms with Gasteiger partial charge in [0.15, 0.2) is 5.11 Å². The summed E-state index contributed by atoms with van der Waals surface area (Å²) in [4.78, 5) is 7.12. The number of halogens is 2. The lowest BCUT2D eigenvalue weighted by molar-refractivity contribution is 0.245. The molecule has 2 atom stereocenters. The van der Waals surface area contributed by atoms with Gasteiger partial charge in [0.05, 0.1) is 28.5 Å². The smallest absolute Gasteiger partial charge is 0.170 e. The molecular formula is C25H26Cl2N4S. The Labute approximate surface area is 204 Å². The SMILES string of the molecule is Cc1cc([C@@H]2[C@@H](c3ccccn3)NC(=S)N2C2CCCC2)c(C)n1-c1ccc(Cl)cc1Cl. The van der Waals surface area contributed by atoms with Gasteiger partial charge in [-0.15, -0.1) is 0 Å². The molecule has 1 saturated carbocycles. The van der Waals surface area contributed by atoms with Gasteiger partial charge in [0, 0.05) is 28.6 Å². The predicted molar refractivity (Wildman–Crippen MR) is 135 cm³/mol. The van der Waals surface area contributed by atoms with E-state index in [2.05, 4.69) is 45.7 Å². The largest absolute Gasteiger partial charge is 0.352 e. The molecule has 2 aliphatic rings. The highest BCUT2D eigenvalue weighted by Crippen LogP contribution is 2.45. The standard InChI is InChI=1S/C25H26Cl2N4S/c1-15-13-19(16(2)30(15)22-11-10-17(26)14-20(22)27)24-23(21-9-5-6-12-28-21)29-25(32)31(24)18-7-3-4-8-18/h5-6,9-14,18,23-24H,3-4,7-8H2,1-2H3,(H,29,32)/t23-,24-/m1/s1. The fraction of sp³-hybridized carbons (Fsp3) is 0.360. The van der Waals surface area contributed by atoms with Gasteiger partial charge in [-0.2, -0.15) is 0 Å². The summed E-state index contributed by atoms with van der Waals surface area (Å²) in [7, 11) is 0. The molecule has 1 saturated heterocycles. The summed E-state index contributed by atoms with van der Waals surface area (Å²) in [6.07, 6.45) is 6.71. The van der Waals surface area contributed by atoms with Gasteiger partial charge in [-0.1, -0.05) is 42.1 Å². The highest BCUT2D eigenvalue weighted by molar-refractivity contribution is 7.80. The zero-order chi connectivity index (χ0) is 22.4. The third kappa shape index (κ3) is 3.70. The van der Waals surface area contributed by atoms with Crippen molar-refractivity contribution >= 4 is 40.5 Å². The number of hydrogen-bond acceptors (Lipinski definition) is 2. The van der Waals surface area contributed by atoms with E-state index in [4.69, 9.17) is 35.4 Å². The van der Waals surface area contributed by atoms with Crippen molar-refractivity contribution in [2.45, 2.75) is 57.7 Å². The first-order valence-electron chi connectivity index (χ1n) is 11.1. The highest BCUT2D eigenvalue weighted by Gasteiger charge is 2.44. The first-order chi connectivity index (χ1) is 15.5. The van der Waals surface area contributed by atoms with Gasteiger partial charge in [-0.05, 0) is 80.9 Å². The van der Waals surface area contributed by atoms with E-state index < -0.39 is 0 Å². The number of nitrogens with one attached hydrogen (secondary N) is 1. The van der Waals surface area contributed by atoms with Crippen LogP contribution in [0.25, 0.3) is 5.69 Å². The Morgan fingerprint density at radius 2 is 1.84 bits per heavy atom. The van der Waals surface area contributed by atoms with Crippen LogP contribution in [-0.2, 0) is 0 Å². The Balaban J connectivity index is 1.65. The Kier molecular flexibility index (Phi) is 5.91. The van der Waals surface area contributed by atoms with Gasteiger partial charge in [-0.25, -0.2) is 0 Å². The normalized spacial score (nSPS) is 21.4. The van der Waals surface area contributed by atoms with Gasteiger partial charge in [-0.3, -0.25) is 4.98 Å². The zero-order valence-electron chi connectivity index (χ0n) is 18.2. The predicted octanol–water partition coefficient (Wildman–Crippen LogP) is 6.71. The van der Waals surface area contributed by atoms with Crippen molar-refractivity contribution in [1.29, 1.82) is 0 Å². The molecular weight excluding hydrogens is 459 g/mol. The van der Waals surface area contributed by atoms with E-state index in [9.17, 15) is 0 Å². The van der Waals surface area contributed by atoms with Crippen LogP contribution in [0.15, 0.2) is 48.7 Å². The molecule has 1 aromatic carbocycles. The lowest BCUT2D eigenvalue weighted by Crippen LogP contribution is -2.37. The van der Waals surface area contributed by atoms with Crippen molar-refractivity contribution in [2.75, 3.05) is 0 Å². The summed E-state index contributed by atoms with van der Waals surface area (Å²) in [6.45, 7) is 4.29. The number of hydrogen-bond donors (Lipinski definition) is 1. The average Bonchev–Trinajstić information content (AvgIpc) is 3.47. The lowest BCUT2D eigenvalue weighted by Gasteiger charge is -2.33. The second-order valence-corrected chi connectivity index (χ2v) is 9.96. The maximum absolute atomic E-state index is 6.60. The number of aryl methyl sites for hydroxylation is 1. The number of pyridine rings is 1. The second kappa shape index (κ2) is 8.69. The summed E-state index contributed by atoms with van der Waals surface area (Å²) < 4.78 is 2.22. The van der Waals surface area contributed by atoms with Crippen molar-refractivity contribution < 1.29 is 0 Å². The monoisotopic (exact) mass is 484 g/mol. The van der Waals surface area contributed by atoms with E-state index in [-0.39, 0.29) is 12.1 Å². The summed E-state index contributed by atoms with van der Waals surface area (Å²) >= 11 is 18.6. The Hall–Kier alpha value is -2.08. The van der Waals surface area contributed by atoms with Crippen LogP contribution in [0.5, 0.6) is 0 Å². The number of thiocarbonyl (C=S) groups is 1. The highest BCUT2D eigenvalue weighted by atomic mass is 35.5. The van der Waals surface area contributed by atoms with Crippen LogP contribution in [0.3, 0.4) is 0 Å². The topological polar surface area (TPSA) is 33.1 Å². The fourth-order valence-corrected chi connectivity index (χ4v) is 6.28. The summed E-state index contributed by atoms with van der Waals surface area (Å²) in [5, 5.41) is 5.70. The molecule has 0 spiro atoms. The molecule has 1 aliphatic heterocycles. The molecule has 1 aliphatic carbocycles. The molecule has 2 fully saturated rings. The fourth-order valence-electron chi connectivity index (χ4n) is 5.39. The van der Waals surface area contributed by atoms with Crippen molar-refractivity contribution in [3.8, 4) is 5.69 Å². The zero-order valence-corrected chi connectivity index (χ0v) is 20.5. The van der Waals surface area contributed by atoms with E-state index >= 15 is 0 Å². The minimum absolute atomic E-state index is 0.000982. The molecule has 166 valence electrons. The minimum atomic E-state index is -0.000982. The van der Waals surface area contributed by atoms with Gasteiger partial charge in [0.2, 0.25) is 0 Å². The first-order valence-corrected chi connectivity index (χ1v) is 12.3. The molecule has 3 heterocycles. The number of benzene rings is 1. The molecule has 0 unspecified atom stereocenters. The maximum Gasteiger partial charge on any atom is 0.170 e. The van der Waals surface area contributed by atoms with Crippen molar-refractivity contribution in [3.05, 3.63) is 81.4 Å². The third-order valence-electron chi connectivity index (χ3n) is 6.79. The number of nitrogens with zero attached hydrogens (tertiary/aromatic N) is 3. The molecule has 32 heavy (non-hydrogen) atoms. The van der Waals surface area contributed by atoms with Crippen molar-refractivity contribution in [3.63, 3.8) is 0 Å². The third-order valence-corrected chi connectivity index (χ3v) is 7.66. The molecule has 7 heteroatoms. The molecule has 0 amide bonds. The molecule has 1 N–H and O–H groups in total. The van der Waals surface area contributed by atoms with Gasteiger partial charge in [0.1, 0.15) is 0 Å². The molecule has 2 aromatic heterocycles. The number of rotatable bonds is 4. The van der Waals surface area contributed by atoms with Crippen LogP contribution in [0, 0.1) is 13.8 Å². The molecule has 0 bridgehead atoms. The van der Waals surface area contributed by atoms with Crippen LogP contribution < -0.4 is 5.32 Å². The second-order valence-electron chi connectivity index (χ2n) is 8.73. The van der Waals surface area contributed by atoms with E-state index in [1.54, 1.807) is 6.07 Å². The molecule has 0 radical (unpaired) electrons. The summed E-state index contributed by atoms with van der Waals surface area (Å²) in [5.74, 6) is 0. The summed E-state index contributed by atoms with van der Waals surface area (Å²) in [6, 6.07) is 14.5. The van der Waals surface area contributed by atoms with Crippen LogP contribution in [0.1, 0.15) is 60.4 Å². The van der Waals surface area contributed by atoms with Crippen LogP contribution in [0.2, 0.25) is 10.0 Å².